The van der Waals surface area contributed by atoms with Gasteiger partial charge >= 0.3 is 0 Å². The number of nitrogens with one attached hydrogen (secondary N) is 1. The molecule has 1 amide bonds. The average molecular weight is 245 g/mol. The SMILES string of the molecule is CCCn1nc(C(N)=O)c2c1CCNC2.Cl. The summed E-state index contributed by atoms with van der Waals surface area (Å²) in [5.74, 6) is -0.426. The fraction of sp³-hybridized carbons (Fsp3) is 0.600. The van der Waals surface area contributed by atoms with Crippen molar-refractivity contribution in [3.05, 3.63) is 17.0 Å². The maximum atomic E-state index is 11.2. The highest BCUT2D eigenvalue weighted by Gasteiger charge is 2.22. The van der Waals surface area contributed by atoms with Gasteiger partial charge in [-0.15, -0.1) is 12.4 Å². The molecule has 0 bridgehead atoms. The molecule has 90 valence electrons. The van der Waals surface area contributed by atoms with Crippen molar-refractivity contribution < 1.29 is 4.79 Å². The molecule has 6 heteroatoms. The number of amides is 1. The van der Waals surface area contributed by atoms with E-state index in [1.807, 2.05) is 4.68 Å². The third-order valence-electron chi connectivity index (χ3n) is 2.68. The number of nitrogens with zero attached hydrogens (tertiary/aromatic N) is 2. The Morgan fingerprint density at radius 2 is 2.38 bits per heavy atom. The summed E-state index contributed by atoms with van der Waals surface area (Å²) in [6.45, 7) is 4.60. The van der Waals surface area contributed by atoms with Crippen LogP contribution in [-0.2, 0) is 19.5 Å². The number of carbonyl (C=O) groups is 1. The molecule has 16 heavy (non-hydrogen) atoms. The van der Waals surface area contributed by atoms with E-state index in [9.17, 15) is 4.79 Å². The summed E-state index contributed by atoms with van der Waals surface area (Å²) in [7, 11) is 0. The number of aryl methyl sites for hydroxylation is 1. The van der Waals surface area contributed by atoms with E-state index in [4.69, 9.17) is 5.73 Å². The van der Waals surface area contributed by atoms with Crippen LogP contribution in [0.1, 0.15) is 35.1 Å². The number of fused-ring (bicyclic) bond motifs is 1. The van der Waals surface area contributed by atoms with Crippen molar-refractivity contribution in [1.82, 2.24) is 15.1 Å². The summed E-state index contributed by atoms with van der Waals surface area (Å²) in [4.78, 5) is 11.2. The zero-order valence-corrected chi connectivity index (χ0v) is 10.1. The highest BCUT2D eigenvalue weighted by atomic mass is 35.5. The molecule has 1 aliphatic rings. The Hall–Kier alpha value is -1.07. The summed E-state index contributed by atoms with van der Waals surface area (Å²) in [6, 6.07) is 0. The Kier molecular flexibility index (Phi) is 4.32. The van der Waals surface area contributed by atoms with Crippen molar-refractivity contribution in [3.8, 4) is 0 Å². The minimum Gasteiger partial charge on any atom is -0.364 e. The second-order valence-electron chi connectivity index (χ2n) is 3.79. The largest absolute Gasteiger partial charge is 0.364 e. The second kappa shape index (κ2) is 5.32. The van der Waals surface area contributed by atoms with Crippen molar-refractivity contribution >= 4 is 18.3 Å². The van der Waals surface area contributed by atoms with Gasteiger partial charge < -0.3 is 11.1 Å². The molecule has 5 nitrogen and oxygen atoms in total. The third-order valence-corrected chi connectivity index (χ3v) is 2.68. The maximum Gasteiger partial charge on any atom is 0.269 e. The Labute approximate surface area is 101 Å². The van der Waals surface area contributed by atoms with Gasteiger partial charge in [0.25, 0.3) is 5.91 Å². The number of hydrogen-bond donors (Lipinski definition) is 2. The molecule has 2 heterocycles. The lowest BCUT2D eigenvalue weighted by atomic mass is 10.1. The topological polar surface area (TPSA) is 72.9 Å². The van der Waals surface area contributed by atoms with Crippen LogP contribution in [0.15, 0.2) is 0 Å². The van der Waals surface area contributed by atoms with Gasteiger partial charge in [0.2, 0.25) is 0 Å². The molecule has 0 fully saturated rings. The van der Waals surface area contributed by atoms with Crippen LogP contribution in [0.2, 0.25) is 0 Å². The van der Waals surface area contributed by atoms with Gasteiger partial charge in [-0.2, -0.15) is 5.10 Å². The smallest absolute Gasteiger partial charge is 0.269 e. The second-order valence-corrected chi connectivity index (χ2v) is 3.79. The van der Waals surface area contributed by atoms with Crippen LogP contribution in [0.3, 0.4) is 0 Å². The summed E-state index contributed by atoms with van der Waals surface area (Å²) >= 11 is 0. The van der Waals surface area contributed by atoms with Gasteiger partial charge in [0, 0.05) is 37.3 Å². The summed E-state index contributed by atoms with van der Waals surface area (Å²) in [5.41, 5.74) is 7.90. The predicted octanol–water partition coefficient (Wildman–Crippen LogP) is 0.460. The Morgan fingerprint density at radius 3 is 3.00 bits per heavy atom. The quantitative estimate of drug-likeness (QED) is 0.811. The van der Waals surface area contributed by atoms with Gasteiger partial charge in [-0.05, 0) is 6.42 Å². The highest BCUT2D eigenvalue weighted by Crippen LogP contribution is 2.18. The number of nitrogens with two attached hydrogens (primary N) is 1. The van der Waals surface area contributed by atoms with Crippen molar-refractivity contribution in [2.45, 2.75) is 32.9 Å². The molecule has 0 aromatic carbocycles. The summed E-state index contributed by atoms with van der Waals surface area (Å²) in [5, 5.41) is 7.51. The van der Waals surface area contributed by atoms with Gasteiger partial charge in [-0.3, -0.25) is 9.48 Å². The molecule has 1 aromatic heterocycles. The standard InChI is InChI=1S/C10H16N4O.ClH/c1-2-5-14-8-3-4-12-6-7(8)9(13-14)10(11)15;/h12H,2-6H2,1H3,(H2,11,15);1H. The molecule has 0 saturated carbocycles. The summed E-state index contributed by atoms with van der Waals surface area (Å²) in [6.07, 6.45) is 1.94. The van der Waals surface area contributed by atoms with Crippen molar-refractivity contribution in [2.24, 2.45) is 5.73 Å². The monoisotopic (exact) mass is 244 g/mol. The van der Waals surface area contributed by atoms with E-state index in [2.05, 4.69) is 17.3 Å². The highest BCUT2D eigenvalue weighted by molar-refractivity contribution is 5.92. The van der Waals surface area contributed by atoms with E-state index >= 15 is 0 Å². The molecule has 0 spiro atoms. The first-order chi connectivity index (χ1) is 7.24. The van der Waals surface area contributed by atoms with Gasteiger partial charge in [0.15, 0.2) is 5.69 Å². The molecule has 0 radical (unpaired) electrons. The van der Waals surface area contributed by atoms with E-state index in [1.54, 1.807) is 0 Å². The number of rotatable bonds is 3. The minimum atomic E-state index is -0.426. The van der Waals surface area contributed by atoms with Crippen LogP contribution in [0.4, 0.5) is 0 Å². The van der Waals surface area contributed by atoms with E-state index in [1.165, 1.54) is 5.69 Å². The minimum absolute atomic E-state index is 0. The summed E-state index contributed by atoms with van der Waals surface area (Å²) < 4.78 is 1.93. The molecule has 0 atom stereocenters. The van der Waals surface area contributed by atoms with Crippen molar-refractivity contribution in [1.29, 1.82) is 0 Å². The Balaban J connectivity index is 0.00000128. The normalized spacial score (nSPS) is 14.1. The number of hydrogen-bond acceptors (Lipinski definition) is 3. The lowest BCUT2D eigenvalue weighted by Gasteiger charge is -2.14. The van der Waals surface area contributed by atoms with Crippen LogP contribution in [0, 0.1) is 0 Å². The molecule has 1 aliphatic heterocycles. The van der Waals surface area contributed by atoms with Crippen LogP contribution >= 0.6 is 12.4 Å². The van der Waals surface area contributed by atoms with Crippen LogP contribution < -0.4 is 11.1 Å². The number of aromatic nitrogens is 2. The van der Waals surface area contributed by atoms with E-state index in [0.29, 0.717) is 12.2 Å². The zero-order chi connectivity index (χ0) is 10.8. The Bertz CT molecular complexity index is 388. The van der Waals surface area contributed by atoms with Crippen molar-refractivity contribution in [3.63, 3.8) is 0 Å². The van der Waals surface area contributed by atoms with Crippen LogP contribution in [0.5, 0.6) is 0 Å². The molecular weight excluding hydrogens is 228 g/mol. The maximum absolute atomic E-state index is 11.2. The first-order valence-corrected chi connectivity index (χ1v) is 5.33. The van der Waals surface area contributed by atoms with Gasteiger partial charge in [0.1, 0.15) is 0 Å². The molecule has 2 rings (SSSR count). The van der Waals surface area contributed by atoms with Crippen molar-refractivity contribution in [2.75, 3.05) is 6.54 Å². The fourth-order valence-electron chi connectivity index (χ4n) is 2.01. The van der Waals surface area contributed by atoms with E-state index in [-0.39, 0.29) is 12.4 Å². The predicted molar refractivity (Wildman–Crippen MR) is 63.7 cm³/mol. The third kappa shape index (κ3) is 2.20. The molecular formula is C10H17ClN4O. The number of primary amides is 1. The number of halogens is 1. The van der Waals surface area contributed by atoms with Gasteiger partial charge in [-0.1, -0.05) is 6.92 Å². The zero-order valence-electron chi connectivity index (χ0n) is 9.32. The molecule has 1 aromatic rings. The lowest BCUT2D eigenvalue weighted by molar-refractivity contribution is 0.0993. The first-order valence-electron chi connectivity index (χ1n) is 5.33. The van der Waals surface area contributed by atoms with E-state index < -0.39 is 5.91 Å². The lowest BCUT2D eigenvalue weighted by Crippen LogP contribution is -2.26. The van der Waals surface area contributed by atoms with Gasteiger partial charge in [-0.25, -0.2) is 0 Å². The van der Waals surface area contributed by atoms with Crippen LogP contribution in [0.25, 0.3) is 0 Å². The average Bonchev–Trinajstić information content (AvgIpc) is 2.59. The first kappa shape index (κ1) is 13.0. The Morgan fingerprint density at radius 1 is 1.62 bits per heavy atom. The van der Waals surface area contributed by atoms with E-state index in [0.717, 1.165) is 31.5 Å². The molecule has 3 N–H and O–H groups in total. The molecule has 0 unspecified atom stereocenters. The fourth-order valence-corrected chi connectivity index (χ4v) is 2.01. The molecule has 0 aliphatic carbocycles. The molecule has 0 saturated heterocycles. The van der Waals surface area contributed by atoms with Gasteiger partial charge in [0.05, 0.1) is 0 Å². The van der Waals surface area contributed by atoms with Crippen LogP contribution in [-0.4, -0.2) is 22.2 Å². The number of carbonyl (C=O) groups excluding carboxylic acids is 1.